The smallest absolute Gasteiger partial charge is 0.409 e. The van der Waals surface area contributed by atoms with E-state index in [1.165, 1.54) is 27.2 Å². The quantitative estimate of drug-likeness (QED) is 0.344. The number of carbonyl (C=O) groups is 1. The minimum Gasteiger partial charge on any atom is -0.448 e. The Balaban J connectivity index is 0.000000552. The second kappa shape index (κ2) is 11.0. The van der Waals surface area contributed by atoms with E-state index in [0.29, 0.717) is 6.61 Å². The van der Waals surface area contributed by atoms with E-state index < -0.39 is 6.09 Å². The van der Waals surface area contributed by atoms with Crippen molar-refractivity contribution in [3.8, 4) is 11.1 Å². The number of rotatable bonds is 4. The number of nitrogens with zero attached hydrogens (tertiary/aromatic N) is 1. The fourth-order valence-corrected chi connectivity index (χ4v) is 2.95. The highest BCUT2D eigenvalue weighted by Gasteiger charge is 2.29. The number of fused-ring (bicyclic) bond motifs is 3. The van der Waals surface area contributed by atoms with Gasteiger partial charge in [0.2, 0.25) is 0 Å². The SMILES string of the molecule is CN(CCO)C(=O)OCC1c2ccccc2-c2ccccc21.IC(I)I. The van der Waals surface area contributed by atoms with Gasteiger partial charge in [0, 0.05) is 19.5 Å². The van der Waals surface area contributed by atoms with Crippen LogP contribution in [0.15, 0.2) is 48.5 Å². The van der Waals surface area contributed by atoms with Gasteiger partial charge in [-0.3, -0.25) is 0 Å². The molecule has 0 saturated carbocycles. The average Bonchev–Trinajstić information content (AvgIpc) is 2.93. The summed E-state index contributed by atoms with van der Waals surface area (Å²) in [5.41, 5.74) is 4.81. The summed E-state index contributed by atoms with van der Waals surface area (Å²) in [6.45, 7) is 0.514. The lowest BCUT2D eigenvalue weighted by atomic mass is 9.98. The highest BCUT2D eigenvalue weighted by atomic mass is 127. The van der Waals surface area contributed by atoms with Crippen molar-refractivity contribution in [2.75, 3.05) is 26.8 Å². The number of aliphatic hydroxyl groups excluding tert-OH is 1. The molecule has 1 aliphatic rings. The van der Waals surface area contributed by atoms with Crippen LogP contribution in [0.1, 0.15) is 17.0 Å². The Labute approximate surface area is 195 Å². The van der Waals surface area contributed by atoms with Crippen LogP contribution in [0.2, 0.25) is 0 Å². The number of carbonyl (C=O) groups excluding carboxylic acids is 1. The molecule has 1 N–H and O–H groups in total. The van der Waals surface area contributed by atoms with E-state index >= 15 is 0 Å². The lowest BCUT2D eigenvalue weighted by Gasteiger charge is -2.18. The molecule has 0 fully saturated rings. The van der Waals surface area contributed by atoms with Crippen LogP contribution in [0.3, 0.4) is 0 Å². The van der Waals surface area contributed by atoms with Crippen LogP contribution >= 0.6 is 67.8 Å². The standard InChI is InChI=1S/C18H19NO3.CHI3/c1-19(10-11-20)18(21)22-12-17-15-8-4-2-6-13(15)14-7-3-5-9-16(14)17;2-1(3)4/h2-9,17,20H,10-12H2,1H3;1H. The summed E-state index contributed by atoms with van der Waals surface area (Å²) >= 11 is 6.95. The monoisotopic (exact) mass is 691 g/mol. The van der Waals surface area contributed by atoms with Gasteiger partial charge in [0.15, 0.2) is 0 Å². The van der Waals surface area contributed by atoms with E-state index in [9.17, 15) is 4.79 Å². The van der Waals surface area contributed by atoms with E-state index in [0.717, 1.165) is -0.0619 Å². The summed E-state index contributed by atoms with van der Waals surface area (Å²) in [5, 5.41) is 8.88. The van der Waals surface area contributed by atoms with Gasteiger partial charge in [-0.05, 0) is 22.3 Å². The zero-order valence-electron chi connectivity index (χ0n) is 14.2. The Morgan fingerprint density at radius 1 is 1.08 bits per heavy atom. The lowest BCUT2D eigenvalue weighted by Crippen LogP contribution is -2.31. The van der Waals surface area contributed by atoms with Gasteiger partial charge in [0.05, 0.1) is 6.61 Å². The molecule has 0 saturated heterocycles. The first-order valence-electron chi connectivity index (χ1n) is 8.05. The molecule has 26 heavy (non-hydrogen) atoms. The van der Waals surface area contributed by atoms with Crippen LogP contribution in [0.25, 0.3) is 11.1 Å². The van der Waals surface area contributed by atoms with Crippen molar-refractivity contribution in [3.05, 3.63) is 59.7 Å². The molecule has 4 nitrogen and oxygen atoms in total. The average molecular weight is 691 g/mol. The summed E-state index contributed by atoms with van der Waals surface area (Å²) in [7, 11) is 1.62. The molecule has 7 heteroatoms. The molecular weight excluding hydrogens is 671 g/mol. The molecule has 0 unspecified atom stereocenters. The number of benzene rings is 2. The van der Waals surface area contributed by atoms with Gasteiger partial charge < -0.3 is 14.7 Å². The van der Waals surface area contributed by atoms with E-state index in [1.54, 1.807) is 7.05 Å². The van der Waals surface area contributed by atoms with Crippen LogP contribution in [0.5, 0.6) is 0 Å². The van der Waals surface area contributed by atoms with Gasteiger partial charge in [-0.2, -0.15) is 0 Å². The number of halogens is 3. The molecule has 0 heterocycles. The highest BCUT2D eigenvalue weighted by molar-refractivity contribution is 14.3. The maximum Gasteiger partial charge on any atom is 0.409 e. The van der Waals surface area contributed by atoms with Crippen molar-refractivity contribution in [2.24, 2.45) is 0 Å². The first-order valence-corrected chi connectivity index (χ1v) is 11.8. The maximum absolute atomic E-state index is 11.9. The summed E-state index contributed by atoms with van der Waals surface area (Å²) in [6, 6.07) is 16.5. The summed E-state index contributed by atoms with van der Waals surface area (Å²) in [6.07, 6.45) is -0.407. The van der Waals surface area contributed by atoms with E-state index in [2.05, 4.69) is 92.0 Å². The van der Waals surface area contributed by atoms with Crippen molar-refractivity contribution in [1.29, 1.82) is 0 Å². The van der Waals surface area contributed by atoms with E-state index in [4.69, 9.17) is 9.84 Å². The van der Waals surface area contributed by atoms with Crippen molar-refractivity contribution in [1.82, 2.24) is 4.90 Å². The van der Waals surface area contributed by atoms with Crippen molar-refractivity contribution in [2.45, 2.75) is 5.86 Å². The fourth-order valence-electron chi connectivity index (χ4n) is 2.95. The molecule has 0 radical (unpaired) electrons. The second-order valence-corrected chi connectivity index (χ2v) is 16.6. The molecule has 0 spiro atoms. The molecule has 140 valence electrons. The van der Waals surface area contributed by atoms with Crippen molar-refractivity contribution >= 4 is 73.9 Å². The minimum atomic E-state index is -0.407. The zero-order chi connectivity index (χ0) is 19.1. The fraction of sp³-hybridized carbons (Fsp3) is 0.316. The summed E-state index contributed by atoms with van der Waals surface area (Å²) in [4.78, 5) is 13.3. The third kappa shape index (κ3) is 5.93. The maximum atomic E-state index is 11.9. The van der Waals surface area contributed by atoms with Gasteiger partial charge in [0.1, 0.15) is 6.54 Å². The van der Waals surface area contributed by atoms with Crippen molar-refractivity contribution in [3.63, 3.8) is 0 Å². The second-order valence-electron chi connectivity index (χ2n) is 5.70. The number of likely N-dealkylation sites (N-methyl/N-ethyl adjacent to an activating group) is 1. The number of alkyl halides is 3. The Morgan fingerprint density at radius 3 is 2.00 bits per heavy atom. The van der Waals surface area contributed by atoms with Crippen LogP contribution in [0.4, 0.5) is 4.79 Å². The number of amides is 1. The number of hydrogen-bond acceptors (Lipinski definition) is 3. The first-order chi connectivity index (χ1) is 12.5. The van der Waals surface area contributed by atoms with Gasteiger partial charge >= 0.3 is 6.09 Å². The normalized spacial score (nSPS) is 12.1. The largest absolute Gasteiger partial charge is 0.448 e. The number of hydrogen-bond donors (Lipinski definition) is 1. The predicted molar refractivity (Wildman–Crippen MR) is 131 cm³/mol. The summed E-state index contributed by atoms with van der Waals surface area (Å²) in [5.74, 6) is 0.0684. The molecule has 1 aliphatic carbocycles. The third-order valence-corrected chi connectivity index (χ3v) is 4.08. The van der Waals surface area contributed by atoms with Crippen LogP contribution in [-0.4, -0.2) is 42.8 Å². The number of ether oxygens (including phenoxy) is 1. The molecule has 1 amide bonds. The molecular formula is C19H20I3NO3. The number of aliphatic hydroxyl groups is 1. The van der Waals surface area contributed by atoms with Gasteiger partial charge in [-0.1, -0.05) is 116 Å². The van der Waals surface area contributed by atoms with Crippen LogP contribution in [0, 0.1) is 0 Å². The van der Waals surface area contributed by atoms with E-state index in [1.807, 2.05) is 24.3 Å². The Morgan fingerprint density at radius 2 is 1.54 bits per heavy atom. The predicted octanol–water partition coefficient (Wildman–Crippen LogP) is 5.43. The topological polar surface area (TPSA) is 49.8 Å². The zero-order valence-corrected chi connectivity index (χ0v) is 20.7. The summed E-state index contributed by atoms with van der Waals surface area (Å²) < 4.78 is 6.17. The molecule has 0 aliphatic heterocycles. The Kier molecular flexibility index (Phi) is 9.38. The van der Waals surface area contributed by atoms with Crippen LogP contribution < -0.4 is 0 Å². The van der Waals surface area contributed by atoms with Gasteiger partial charge in [0.25, 0.3) is 0 Å². The van der Waals surface area contributed by atoms with E-state index in [-0.39, 0.29) is 19.1 Å². The molecule has 3 rings (SSSR count). The highest BCUT2D eigenvalue weighted by Crippen LogP contribution is 2.44. The van der Waals surface area contributed by atoms with Crippen molar-refractivity contribution < 1.29 is 14.6 Å². The molecule has 2 aromatic rings. The lowest BCUT2D eigenvalue weighted by molar-refractivity contribution is 0.101. The third-order valence-electron chi connectivity index (χ3n) is 4.08. The van der Waals surface area contributed by atoms with Gasteiger partial charge in [-0.25, -0.2) is 4.79 Å². The molecule has 2 aromatic carbocycles. The van der Waals surface area contributed by atoms with Crippen LogP contribution in [-0.2, 0) is 4.74 Å². The molecule has 0 aromatic heterocycles. The Hall–Kier alpha value is -0.140. The minimum absolute atomic E-state index is 0.0684. The molecule has 0 bridgehead atoms. The molecule has 0 atom stereocenters. The first kappa shape index (κ1) is 22.2. The van der Waals surface area contributed by atoms with Gasteiger partial charge in [-0.15, -0.1) is 0 Å². The Bertz CT molecular complexity index is 691.